The van der Waals surface area contributed by atoms with Crippen molar-refractivity contribution < 1.29 is 9.53 Å². The molecule has 0 atom stereocenters. The molecule has 1 aliphatic heterocycles. The molecule has 0 saturated carbocycles. The summed E-state index contributed by atoms with van der Waals surface area (Å²) >= 11 is 12.3. The van der Waals surface area contributed by atoms with E-state index in [0.29, 0.717) is 34.4 Å². The van der Waals surface area contributed by atoms with Gasteiger partial charge in [-0.15, -0.1) is 0 Å². The molecule has 1 aliphatic rings. The summed E-state index contributed by atoms with van der Waals surface area (Å²) in [5.74, 6) is 0.131. The number of aromatic nitrogens is 2. The predicted octanol–water partition coefficient (Wildman–Crippen LogP) is 2.93. The number of carbonyl (C=O) groups is 1. The van der Waals surface area contributed by atoms with Gasteiger partial charge in [0.2, 0.25) is 0 Å². The summed E-state index contributed by atoms with van der Waals surface area (Å²) < 4.78 is 7.20. The van der Waals surface area contributed by atoms with Gasteiger partial charge < -0.3 is 14.2 Å². The van der Waals surface area contributed by atoms with E-state index >= 15 is 0 Å². The van der Waals surface area contributed by atoms with Gasteiger partial charge in [-0.1, -0.05) is 23.2 Å². The summed E-state index contributed by atoms with van der Waals surface area (Å²) in [5, 5.41) is 0.704. The number of aryl methyl sites for hydroxylation is 1. The molecule has 2 aromatic rings. The number of rotatable bonds is 2. The van der Waals surface area contributed by atoms with Gasteiger partial charge in [-0.2, -0.15) is 0 Å². The standard InChI is InChI=1S/C15H15Cl2N3O2/c1-19-8-18-11-5-6-20(7-12(11)19)15(21)13-9(16)3-4-10(17)14(13)22-2/h3-4,8H,5-7H2,1-2H3. The average molecular weight is 340 g/mol. The van der Waals surface area contributed by atoms with Crippen LogP contribution in [0.4, 0.5) is 0 Å². The molecule has 1 aromatic heterocycles. The SMILES string of the molecule is COc1c(Cl)ccc(Cl)c1C(=O)N1CCc2ncn(C)c2C1. The first kappa shape index (κ1) is 15.2. The summed E-state index contributed by atoms with van der Waals surface area (Å²) in [6, 6.07) is 3.23. The number of fused-ring (bicyclic) bond motifs is 1. The van der Waals surface area contributed by atoms with Crippen LogP contribution in [-0.2, 0) is 20.0 Å². The Morgan fingerprint density at radius 2 is 2.05 bits per heavy atom. The number of imidazole rings is 1. The van der Waals surface area contributed by atoms with Gasteiger partial charge >= 0.3 is 0 Å². The van der Waals surface area contributed by atoms with Crippen LogP contribution in [0.5, 0.6) is 5.75 Å². The minimum Gasteiger partial charge on any atom is -0.494 e. The topological polar surface area (TPSA) is 47.4 Å². The number of carbonyl (C=O) groups excluding carboxylic acids is 1. The summed E-state index contributed by atoms with van der Waals surface area (Å²) in [5.41, 5.74) is 2.38. The van der Waals surface area contributed by atoms with Crippen LogP contribution in [0, 0.1) is 0 Å². The molecule has 116 valence electrons. The molecule has 0 aliphatic carbocycles. The van der Waals surface area contributed by atoms with Crippen LogP contribution in [0.1, 0.15) is 21.7 Å². The van der Waals surface area contributed by atoms with E-state index < -0.39 is 0 Å². The quantitative estimate of drug-likeness (QED) is 0.845. The van der Waals surface area contributed by atoms with E-state index in [1.807, 2.05) is 11.6 Å². The van der Waals surface area contributed by atoms with Crippen LogP contribution in [-0.4, -0.2) is 34.0 Å². The van der Waals surface area contributed by atoms with E-state index in [1.54, 1.807) is 23.4 Å². The second-order valence-corrected chi connectivity index (χ2v) is 5.98. The summed E-state index contributed by atoms with van der Waals surface area (Å²) in [6.07, 6.45) is 2.49. The Labute approximate surface area is 138 Å². The van der Waals surface area contributed by atoms with Crippen molar-refractivity contribution in [2.75, 3.05) is 13.7 Å². The molecule has 7 heteroatoms. The lowest BCUT2D eigenvalue weighted by atomic mass is 10.1. The van der Waals surface area contributed by atoms with E-state index in [0.717, 1.165) is 17.8 Å². The number of nitrogens with zero attached hydrogens (tertiary/aromatic N) is 3. The molecule has 5 nitrogen and oxygen atoms in total. The fraction of sp³-hybridized carbons (Fsp3) is 0.333. The van der Waals surface area contributed by atoms with Gasteiger partial charge in [-0.3, -0.25) is 4.79 Å². The predicted molar refractivity (Wildman–Crippen MR) is 84.7 cm³/mol. The summed E-state index contributed by atoms with van der Waals surface area (Å²) in [6.45, 7) is 1.09. The lowest BCUT2D eigenvalue weighted by Gasteiger charge is -2.28. The van der Waals surface area contributed by atoms with Gasteiger partial charge in [0.15, 0.2) is 5.75 Å². The van der Waals surface area contributed by atoms with E-state index in [9.17, 15) is 4.79 Å². The van der Waals surface area contributed by atoms with Crippen LogP contribution >= 0.6 is 23.2 Å². The lowest BCUT2D eigenvalue weighted by Crippen LogP contribution is -2.37. The van der Waals surface area contributed by atoms with Crippen molar-refractivity contribution in [2.24, 2.45) is 7.05 Å². The fourth-order valence-corrected chi connectivity index (χ4v) is 3.14. The number of hydrogen-bond acceptors (Lipinski definition) is 3. The molecule has 2 heterocycles. The average Bonchev–Trinajstić information content (AvgIpc) is 2.89. The zero-order chi connectivity index (χ0) is 15.9. The van der Waals surface area contributed by atoms with Crippen LogP contribution < -0.4 is 4.74 Å². The van der Waals surface area contributed by atoms with E-state index in [4.69, 9.17) is 27.9 Å². The van der Waals surface area contributed by atoms with Crippen molar-refractivity contribution in [2.45, 2.75) is 13.0 Å². The van der Waals surface area contributed by atoms with Crippen LogP contribution in [0.3, 0.4) is 0 Å². The van der Waals surface area contributed by atoms with Crippen molar-refractivity contribution in [3.63, 3.8) is 0 Å². The van der Waals surface area contributed by atoms with Gasteiger partial charge in [-0.05, 0) is 12.1 Å². The molecule has 0 N–H and O–H groups in total. The highest BCUT2D eigenvalue weighted by Gasteiger charge is 2.28. The van der Waals surface area contributed by atoms with Crippen molar-refractivity contribution in [3.8, 4) is 5.75 Å². The zero-order valence-corrected chi connectivity index (χ0v) is 13.8. The number of ether oxygens (including phenoxy) is 1. The highest BCUT2D eigenvalue weighted by atomic mass is 35.5. The first-order valence-electron chi connectivity index (χ1n) is 6.83. The maximum absolute atomic E-state index is 12.9. The van der Waals surface area contributed by atoms with Gasteiger partial charge in [0.1, 0.15) is 5.56 Å². The number of hydrogen-bond donors (Lipinski definition) is 0. The molecule has 1 amide bonds. The number of halogens is 2. The minimum absolute atomic E-state index is 0.184. The first-order chi connectivity index (χ1) is 10.5. The normalized spacial score (nSPS) is 13.9. The molecular weight excluding hydrogens is 325 g/mol. The molecule has 0 unspecified atom stereocenters. The molecule has 0 bridgehead atoms. The Morgan fingerprint density at radius 1 is 1.32 bits per heavy atom. The van der Waals surface area contributed by atoms with Crippen LogP contribution in [0.15, 0.2) is 18.5 Å². The van der Waals surface area contributed by atoms with E-state index in [-0.39, 0.29) is 5.91 Å². The van der Waals surface area contributed by atoms with Crippen LogP contribution in [0.25, 0.3) is 0 Å². The summed E-state index contributed by atoms with van der Waals surface area (Å²) in [4.78, 5) is 19.0. The first-order valence-corrected chi connectivity index (χ1v) is 7.59. The lowest BCUT2D eigenvalue weighted by molar-refractivity contribution is 0.0727. The Morgan fingerprint density at radius 3 is 2.77 bits per heavy atom. The maximum atomic E-state index is 12.9. The van der Waals surface area contributed by atoms with Crippen molar-refractivity contribution in [3.05, 3.63) is 45.5 Å². The number of methoxy groups -OCH3 is 1. The molecule has 22 heavy (non-hydrogen) atoms. The van der Waals surface area contributed by atoms with Crippen molar-refractivity contribution >= 4 is 29.1 Å². The largest absolute Gasteiger partial charge is 0.494 e. The molecule has 1 aromatic carbocycles. The van der Waals surface area contributed by atoms with Gasteiger partial charge in [0.05, 0.1) is 41.4 Å². The van der Waals surface area contributed by atoms with Gasteiger partial charge in [0.25, 0.3) is 5.91 Å². The summed E-state index contributed by atoms with van der Waals surface area (Å²) in [7, 11) is 3.40. The smallest absolute Gasteiger partial charge is 0.259 e. The third-order valence-electron chi connectivity index (χ3n) is 3.87. The Hall–Kier alpha value is -1.72. The van der Waals surface area contributed by atoms with Gasteiger partial charge in [-0.25, -0.2) is 4.98 Å². The monoisotopic (exact) mass is 339 g/mol. The number of amides is 1. The molecule has 0 spiro atoms. The molecule has 0 fully saturated rings. The third-order valence-corrected chi connectivity index (χ3v) is 4.48. The van der Waals surface area contributed by atoms with Gasteiger partial charge in [0, 0.05) is 20.0 Å². The molecule has 0 saturated heterocycles. The van der Waals surface area contributed by atoms with E-state index in [2.05, 4.69) is 4.98 Å². The Kier molecular flexibility index (Phi) is 4.02. The molecule has 3 rings (SSSR count). The fourth-order valence-electron chi connectivity index (χ4n) is 2.68. The second kappa shape index (κ2) is 5.82. The van der Waals surface area contributed by atoms with Crippen LogP contribution in [0.2, 0.25) is 10.0 Å². The minimum atomic E-state index is -0.184. The second-order valence-electron chi connectivity index (χ2n) is 5.16. The van der Waals surface area contributed by atoms with E-state index in [1.165, 1.54) is 7.11 Å². The zero-order valence-electron chi connectivity index (χ0n) is 12.3. The maximum Gasteiger partial charge on any atom is 0.259 e. The van der Waals surface area contributed by atoms with Crippen molar-refractivity contribution in [1.29, 1.82) is 0 Å². The Bertz CT molecular complexity index is 743. The highest BCUT2D eigenvalue weighted by molar-refractivity contribution is 6.37. The Balaban J connectivity index is 1.96. The highest BCUT2D eigenvalue weighted by Crippen LogP contribution is 2.35. The molecular formula is C15H15Cl2N3O2. The third kappa shape index (κ3) is 2.44. The molecule has 0 radical (unpaired) electrons. The number of benzene rings is 1. The van der Waals surface area contributed by atoms with Crippen molar-refractivity contribution in [1.82, 2.24) is 14.5 Å².